The van der Waals surface area contributed by atoms with Gasteiger partial charge in [0.05, 0.1) is 18.6 Å². The van der Waals surface area contributed by atoms with E-state index in [0.29, 0.717) is 19.4 Å². The second-order valence-electron chi connectivity index (χ2n) is 6.15. The molecule has 1 aliphatic heterocycles. The molecule has 6 heteroatoms. The van der Waals surface area contributed by atoms with E-state index in [1.165, 1.54) is 4.90 Å². The van der Waals surface area contributed by atoms with Gasteiger partial charge >= 0.3 is 12.1 Å². The first kappa shape index (κ1) is 15.8. The Balaban J connectivity index is 2.73. The number of carboxylic acid groups (broad SMARTS) is 1. The van der Waals surface area contributed by atoms with Gasteiger partial charge in [-0.15, -0.1) is 0 Å². The third-order valence-corrected chi connectivity index (χ3v) is 2.94. The molecule has 1 unspecified atom stereocenters. The Labute approximate surface area is 113 Å². The van der Waals surface area contributed by atoms with Crippen molar-refractivity contribution >= 4 is 12.1 Å². The van der Waals surface area contributed by atoms with Crippen LogP contribution in [0.25, 0.3) is 0 Å². The number of β-amino-alcohol motifs (C(OH)–C–C–N with tert-alkyl or cyclic N) is 1. The minimum Gasteiger partial charge on any atom is -0.481 e. The predicted molar refractivity (Wildman–Crippen MR) is 68.9 cm³/mol. The quantitative estimate of drug-likeness (QED) is 0.798. The van der Waals surface area contributed by atoms with Crippen LogP contribution in [0.15, 0.2) is 0 Å². The van der Waals surface area contributed by atoms with E-state index in [4.69, 9.17) is 9.84 Å². The molecule has 0 bridgehead atoms. The van der Waals surface area contributed by atoms with Gasteiger partial charge in [0.1, 0.15) is 5.60 Å². The molecule has 2 N–H and O–H groups in total. The highest BCUT2D eigenvalue weighted by Gasteiger charge is 2.36. The van der Waals surface area contributed by atoms with E-state index in [1.54, 1.807) is 20.8 Å². The van der Waals surface area contributed by atoms with Crippen LogP contribution in [0.2, 0.25) is 0 Å². The van der Waals surface area contributed by atoms with E-state index in [9.17, 15) is 14.7 Å². The highest BCUT2D eigenvalue weighted by atomic mass is 16.6. The number of carbonyl (C=O) groups excluding carboxylic acids is 1. The fourth-order valence-electron chi connectivity index (χ4n) is 2.18. The lowest BCUT2D eigenvalue weighted by molar-refractivity contribution is -0.143. The molecule has 6 nitrogen and oxygen atoms in total. The molecule has 1 amide bonds. The van der Waals surface area contributed by atoms with Crippen molar-refractivity contribution < 1.29 is 24.5 Å². The average molecular weight is 273 g/mol. The molecule has 1 atom stereocenters. The number of rotatable bonds is 2. The van der Waals surface area contributed by atoms with Gasteiger partial charge in [-0.1, -0.05) is 0 Å². The molecule has 0 aromatic heterocycles. The van der Waals surface area contributed by atoms with E-state index in [2.05, 4.69) is 0 Å². The Morgan fingerprint density at radius 1 is 1.32 bits per heavy atom. The van der Waals surface area contributed by atoms with E-state index >= 15 is 0 Å². The number of amides is 1. The van der Waals surface area contributed by atoms with Crippen LogP contribution in [-0.4, -0.2) is 51.5 Å². The standard InChI is InChI=1S/C13H23NO5/c1-12(2,3)19-11(17)14-7-5-4-6-13(18,9-14)8-10(15)16/h18H,4-9H2,1-3H3,(H,15,16). The van der Waals surface area contributed by atoms with Gasteiger partial charge in [-0.25, -0.2) is 4.79 Å². The van der Waals surface area contributed by atoms with Crippen LogP contribution in [0.3, 0.4) is 0 Å². The Hall–Kier alpha value is -1.30. The summed E-state index contributed by atoms with van der Waals surface area (Å²) in [5, 5.41) is 19.1. The number of hydrogen-bond donors (Lipinski definition) is 2. The molecule has 1 fully saturated rings. The van der Waals surface area contributed by atoms with E-state index in [0.717, 1.165) is 6.42 Å². The van der Waals surface area contributed by atoms with Crippen LogP contribution in [0.1, 0.15) is 46.5 Å². The Morgan fingerprint density at radius 2 is 1.95 bits per heavy atom. The first-order valence-corrected chi connectivity index (χ1v) is 6.53. The summed E-state index contributed by atoms with van der Waals surface area (Å²) in [7, 11) is 0. The van der Waals surface area contributed by atoms with Crippen LogP contribution >= 0.6 is 0 Å². The van der Waals surface area contributed by atoms with Crippen molar-refractivity contribution in [2.24, 2.45) is 0 Å². The molecule has 1 aliphatic rings. The topological polar surface area (TPSA) is 87.1 Å². The van der Waals surface area contributed by atoms with Gasteiger partial charge in [-0.3, -0.25) is 4.79 Å². The number of aliphatic carboxylic acids is 1. The third kappa shape index (κ3) is 5.46. The molecule has 0 saturated carbocycles. The first-order chi connectivity index (χ1) is 8.61. The molecule has 19 heavy (non-hydrogen) atoms. The number of ether oxygens (including phenoxy) is 1. The van der Waals surface area contributed by atoms with E-state index in [-0.39, 0.29) is 13.0 Å². The van der Waals surface area contributed by atoms with Gasteiger partial charge in [0.25, 0.3) is 0 Å². The largest absolute Gasteiger partial charge is 0.481 e. The van der Waals surface area contributed by atoms with E-state index < -0.39 is 23.3 Å². The lowest BCUT2D eigenvalue weighted by Crippen LogP contribution is -2.47. The van der Waals surface area contributed by atoms with Gasteiger partial charge < -0.3 is 19.8 Å². The molecule has 1 rings (SSSR count). The SMILES string of the molecule is CC(C)(C)OC(=O)N1CCCCC(O)(CC(=O)O)C1. The summed E-state index contributed by atoms with van der Waals surface area (Å²) in [5.74, 6) is -1.06. The molecule has 0 aromatic rings. The lowest BCUT2D eigenvalue weighted by atomic mass is 9.94. The van der Waals surface area contributed by atoms with Crippen LogP contribution in [-0.2, 0) is 9.53 Å². The Morgan fingerprint density at radius 3 is 2.47 bits per heavy atom. The molecule has 1 saturated heterocycles. The maximum Gasteiger partial charge on any atom is 0.410 e. The van der Waals surface area contributed by atoms with Crippen molar-refractivity contribution in [1.82, 2.24) is 4.90 Å². The highest BCUT2D eigenvalue weighted by Crippen LogP contribution is 2.25. The van der Waals surface area contributed by atoms with Gasteiger partial charge in [0.2, 0.25) is 0 Å². The van der Waals surface area contributed by atoms with Gasteiger partial charge in [0.15, 0.2) is 0 Å². The number of aliphatic hydroxyl groups is 1. The smallest absolute Gasteiger partial charge is 0.410 e. The summed E-state index contributed by atoms with van der Waals surface area (Å²) in [6.45, 7) is 5.80. The summed E-state index contributed by atoms with van der Waals surface area (Å²) >= 11 is 0. The molecular weight excluding hydrogens is 250 g/mol. The number of nitrogens with zero attached hydrogens (tertiary/aromatic N) is 1. The van der Waals surface area contributed by atoms with Crippen molar-refractivity contribution in [1.29, 1.82) is 0 Å². The van der Waals surface area contributed by atoms with Crippen molar-refractivity contribution in [3.05, 3.63) is 0 Å². The predicted octanol–water partition coefficient (Wildman–Crippen LogP) is 1.61. The molecule has 0 radical (unpaired) electrons. The first-order valence-electron chi connectivity index (χ1n) is 6.53. The van der Waals surface area contributed by atoms with E-state index in [1.807, 2.05) is 0 Å². The summed E-state index contributed by atoms with van der Waals surface area (Å²) in [5.41, 5.74) is -1.96. The normalized spacial score (nSPS) is 24.7. The minimum absolute atomic E-state index is 0.00815. The second-order valence-corrected chi connectivity index (χ2v) is 6.15. The van der Waals surface area contributed by atoms with Crippen LogP contribution in [0.4, 0.5) is 4.79 Å². The number of carbonyl (C=O) groups is 2. The molecule has 0 spiro atoms. The summed E-state index contributed by atoms with van der Waals surface area (Å²) in [6.07, 6.45) is 0.966. The maximum atomic E-state index is 12.0. The van der Waals surface area contributed by atoms with Crippen molar-refractivity contribution in [3.63, 3.8) is 0 Å². The Kier molecular flexibility index (Phi) is 4.79. The summed E-state index contributed by atoms with van der Waals surface area (Å²) in [4.78, 5) is 24.2. The zero-order chi connectivity index (χ0) is 14.7. The van der Waals surface area contributed by atoms with Crippen molar-refractivity contribution in [2.75, 3.05) is 13.1 Å². The molecule has 0 aliphatic carbocycles. The van der Waals surface area contributed by atoms with Gasteiger partial charge in [-0.05, 0) is 40.0 Å². The number of carboxylic acids is 1. The van der Waals surface area contributed by atoms with Gasteiger partial charge in [-0.2, -0.15) is 0 Å². The highest BCUT2D eigenvalue weighted by molar-refractivity contribution is 5.70. The number of likely N-dealkylation sites (tertiary alicyclic amines) is 1. The third-order valence-electron chi connectivity index (χ3n) is 2.94. The Bertz CT molecular complexity index is 349. The maximum absolute atomic E-state index is 12.0. The monoisotopic (exact) mass is 273 g/mol. The van der Waals surface area contributed by atoms with Crippen molar-refractivity contribution in [2.45, 2.75) is 57.7 Å². The molecule has 1 heterocycles. The molecule has 110 valence electrons. The van der Waals surface area contributed by atoms with Gasteiger partial charge in [0, 0.05) is 6.54 Å². The minimum atomic E-state index is -1.36. The fourth-order valence-corrected chi connectivity index (χ4v) is 2.18. The molecule has 0 aromatic carbocycles. The van der Waals surface area contributed by atoms with Crippen molar-refractivity contribution in [3.8, 4) is 0 Å². The zero-order valence-electron chi connectivity index (χ0n) is 11.8. The summed E-state index contributed by atoms with van der Waals surface area (Å²) < 4.78 is 5.26. The average Bonchev–Trinajstić information content (AvgIpc) is 2.36. The van der Waals surface area contributed by atoms with Crippen LogP contribution in [0, 0.1) is 0 Å². The second kappa shape index (κ2) is 5.77. The lowest BCUT2D eigenvalue weighted by Gasteiger charge is -2.32. The van der Waals surface area contributed by atoms with Crippen LogP contribution < -0.4 is 0 Å². The van der Waals surface area contributed by atoms with Crippen LogP contribution in [0.5, 0.6) is 0 Å². The molecular formula is C13H23NO5. The number of hydrogen-bond acceptors (Lipinski definition) is 4. The zero-order valence-corrected chi connectivity index (χ0v) is 11.8. The summed E-state index contributed by atoms with van der Waals surface area (Å²) in [6, 6.07) is 0. The fraction of sp³-hybridized carbons (Fsp3) is 0.846.